The van der Waals surface area contributed by atoms with Crippen molar-refractivity contribution in [3.05, 3.63) is 82.5 Å². The molecule has 2 aromatic carbocycles. The predicted molar refractivity (Wildman–Crippen MR) is 98.1 cm³/mol. The molecule has 0 bridgehead atoms. The van der Waals surface area contributed by atoms with Crippen LogP contribution in [0.4, 0.5) is 0 Å². The molecule has 1 fully saturated rings. The van der Waals surface area contributed by atoms with Crippen molar-refractivity contribution in [3.8, 4) is 0 Å². The Balaban J connectivity index is 1.37. The van der Waals surface area contributed by atoms with Crippen LogP contribution in [0.15, 0.2) is 53.1 Å². The number of nitrogens with zero attached hydrogens (tertiary/aromatic N) is 3. The molecule has 1 aromatic heterocycles. The van der Waals surface area contributed by atoms with E-state index >= 15 is 0 Å². The highest BCUT2D eigenvalue weighted by molar-refractivity contribution is 5.95. The number of likely N-dealkylation sites (tertiary alicyclic amines) is 1. The van der Waals surface area contributed by atoms with Gasteiger partial charge in [0.2, 0.25) is 5.89 Å². The molecule has 0 unspecified atom stereocenters. The van der Waals surface area contributed by atoms with Gasteiger partial charge in [-0.2, -0.15) is 4.98 Å². The minimum atomic E-state index is 0.0633. The standard InChI is InChI=1S/C21H21N3O2/c1-14-8-9-17(10-15(14)2)21(25)24-12-18(13-24)20-22-19(23-26-20)11-16-6-4-3-5-7-16/h3-10,18H,11-13H2,1-2H3. The minimum Gasteiger partial charge on any atom is -0.339 e. The summed E-state index contributed by atoms with van der Waals surface area (Å²) in [5.41, 5.74) is 4.22. The van der Waals surface area contributed by atoms with Gasteiger partial charge in [-0.15, -0.1) is 0 Å². The average Bonchev–Trinajstić information content (AvgIpc) is 3.05. The number of carbonyl (C=O) groups excluding carboxylic acids is 1. The van der Waals surface area contributed by atoms with Crippen molar-refractivity contribution >= 4 is 5.91 Å². The number of aryl methyl sites for hydroxylation is 2. The summed E-state index contributed by atoms with van der Waals surface area (Å²) < 4.78 is 5.41. The van der Waals surface area contributed by atoms with Crippen molar-refractivity contribution in [2.24, 2.45) is 0 Å². The fraction of sp³-hybridized carbons (Fsp3) is 0.286. The van der Waals surface area contributed by atoms with Crippen LogP contribution in [0.2, 0.25) is 0 Å². The summed E-state index contributed by atoms with van der Waals surface area (Å²) >= 11 is 0. The maximum atomic E-state index is 12.6. The van der Waals surface area contributed by atoms with Crippen LogP contribution >= 0.6 is 0 Å². The molecule has 4 rings (SSSR count). The Morgan fingerprint density at radius 3 is 2.62 bits per heavy atom. The highest BCUT2D eigenvalue weighted by Crippen LogP contribution is 2.27. The van der Waals surface area contributed by atoms with Gasteiger partial charge in [-0.3, -0.25) is 4.79 Å². The van der Waals surface area contributed by atoms with Gasteiger partial charge in [0.15, 0.2) is 5.82 Å². The second-order valence-corrected chi connectivity index (χ2v) is 6.92. The lowest BCUT2D eigenvalue weighted by Gasteiger charge is -2.37. The zero-order valence-electron chi connectivity index (χ0n) is 15.0. The van der Waals surface area contributed by atoms with Crippen LogP contribution in [0.25, 0.3) is 0 Å². The summed E-state index contributed by atoms with van der Waals surface area (Å²) in [5.74, 6) is 1.50. The lowest BCUT2D eigenvalue weighted by Crippen LogP contribution is -2.48. The maximum absolute atomic E-state index is 12.6. The van der Waals surface area contributed by atoms with E-state index in [4.69, 9.17) is 4.52 Å². The Labute approximate surface area is 152 Å². The largest absolute Gasteiger partial charge is 0.339 e. The molecule has 0 saturated carbocycles. The highest BCUT2D eigenvalue weighted by atomic mass is 16.5. The van der Waals surface area contributed by atoms with E-state index in [0.29, 0.717) is 31.2 Å². The Bertz CT molecular complexity index is 927. The first kappa shape index (κ1) is 16.5. The van der Waals surface area contributed by atoms with Crippen LogP contribution in [0.3, 0.4) is 0 Å². The van der Waals surface area contributed by atoms with E-state index in [0.717, 1.165) is 16.7 Å². The van der Waals surface area contributed by atoms with Gasteiger partial charge in [0, 0.05) is 25.1 Å². The fourth-order valence-electron chi connectivity index (χ4n) is 3.14. The van der Waals surface area contributed by atoms with Gasteiger partial charge in [-0.25, -0.2) is 0 Å². The number of benzene rings is 2. The van der Waals surface area contributed by atoms with Gasteiger partial charge < -0.3 is 9.42 Å². The summed E-state index contributed by atoms with van der Waals surface area (Å²) in [6.45, 7) is 5.32. The number of carbonyl (C=O) groups is 1. The molecule has 132 valence electrons. The van der Waals surface area contributed by atoms with Gasteiger partial charge in [0.05, 0.1) is 5.92 Å². The first-order chi connectivity index (χ1) is 12.6. The SMILES string of the molecule is Cc1ccc(C(=O)N2CC(c3nc(Cc4ccccc4)no3)C2)cc1C. The lowest BCUT2D eigenvalue weighted by atomic mass is 9.97. The molecular formula is C21H21N3O2. The summed E-state index contributed by atoms with van der Waals surface area (Å²) in [6, 6.07) is 15.9. The van der Waals surface area contributed by atoms with E-state index in [1.165, 1.54) is 5.56 Å². The molecule has 5 heteroatoms. The average molecular weight is 347 g/mol. The molecule has 3 aromatic rings. The van der Waals surface area contributed by atoms with Gasteiger partial charge in [0.1, 0.15) is 0 Å². The van der Waals surface area contributed by atoms with Crippen molar-refractivity contribution in [2.45, 2.75) is 26.2 Å². The van der Waals surface area contributed by atoms with Crippen molar-refractivity contribution < 1.29 is 9.32 Å². The highest BCUT2D eigenvalue weighted by Gasteiger charge is 2.36. The summed E-state index contributed by atoms with van der Waals surface area (Å²) in [6.07, 6.45) is 0.655. The number of hydrogen-bond acceptors (Lipinski definition) is 4. The Morgan fingerprint density at radius 2 is 1.88 bits per heavy atom. The minimum absolute atomic E-state index is 0.0633. The van der Waals surface area contributed by atoms with E-state index in [1.807, 2.05) is 67.3 Å². The number of rotatable bonds is 4. The molecule has 0 spiro atoms. The van der Waals surface area contributed by atoms with Crippen molar-refractivity contribution in [1.82, 2.24) is 15.0 Å². The quantitative estimate of drug-likeness (QED) is 0.724. The topological polar surface area (TPSA) is 59.2 Å². The molecule has 1 amide bonds. The zero-order chi connectivity index (χ0) is 18.1. The molecule has 0 N–H and O–H groups in total. The van der Waals surface area contributed by atoms with E-state index in [9.17, 15) is 4.79 Å². The van der Waals surface area contributed by atoms with Crippen LogP contribution in [-0.4, -0.2) is 34.0 Å². The molecule has 5 nitrogen and oxygen atoms in total. The number of aromatic nitrogens is 2. The second kappa shape index (κ2) is 6.75. The third-order valence-electron chi connectivity index (χ3n) is 4.96. The van der Waals surface area contributed by atoms with Crippen LogP contribution in [0, 0.1) is 13.8 Å². The Hall–Kier alpha value is -2.95. The Morgan fingerprint density at radius 1 is 1.12 bits per heavy atom. The molecule has 26 heavy (non-hydrogen) atoms. The second-order valence-electron chi connectivity index (χ2n) is 6.92. The predicted octanol–water partition coefficient (Wildman–Crippen LogP) is 3.52. The molecular weight excluding hydrogens is 326 g/mol. The van der Waals surface area contributed by atoms with E-state index in [-0.39, 0.29) is 11.8 Å². The van der Waals surface area contributed by atoms with E-state index in [1.54, 1.807) is 0 Å². The van der Waals surface area contributed by atoms with E-state index in [2.05, 4.69) is 10.1 Å². The molecule has 0 aliphatic carbocycles. The molecule has 1 aliphatic heterocycles. The monoisotopic (exact) mass is 347 g/mol. The molecule has 1 aliphatic rings. The molecule has 2 heterocycles. The smallest absolute Gasteiger partial charge is 0.253 e. The molecule has 0 atom stereocenters. The summed E-state index contributed by atoms with van der Waals surface area (Å²) in [7, 11) is 0. The summed E-state index contributed by atoms with van der Waals surface area (Å²) in [4.78, 5) is 18.9. The maximum Gasteiger partial charge on any atom is 0.253 e. The third kappa shape index (κ3) is 3.25. The first-order valence-corrected chi connectivity index (χ1v) is 8.83. The van der Waals surface area contributed by atoms with E-state index < -0.39 is 0 Å². The van der Waals surface area contributed by atoms with Gasteiger partial charge in [0.25, 0.3) is 5.91 Å². The van der Waals surface area contributed by atoms with Crippen LogP contribution in [0.5, 0.6) is 0 Å². The zero-order valence-corrected chi connectivity index (χ0v) is 15.0. The van der Waals surface area contributed by atoms with Gasteiger partial charge >= 0.3 is 0 Å². The van der Waals surface area contributed by atoms with Crippen molar-refractivity contribution in [1.29, 1.82) is 0 Å². The lowest BCUT2D eigenvalue weighted by molar-refractivity contribution is 0.0569. The van der Waals surface area contributed by atoms with Crippen LogP contribution < -0.4 is 0 Å². The normalized spacial score (nSPS) is 14.3. The van der Waals surface area contributed by atoms with Gasteiger partial charge in [-0.1, -0.05) is 41.6 Å². The van der Waals surface area contributed by atoms with Crippen molar-refractivity contribution in [3.63, 3.8) is 0 Å². The molecule has 1 saturated heterocycles. The fourth-order valence-corrected chi connectivity index (χ4v) is 3.14. The molecule has 0 radical (unpaired) electrons. The third-order valence-corrected chi connectivity index (χ3v) is 4.96. The Kier molecular flexibility index (Phi) is 4.29. The summed E-state index contributed by atoms with van der Waals surface area (Å²) in [5, 5.41) is 4.07. The number of hydrogen-bond donors (Lipinski definition) is 0. The van der Waals surface area contributed by atoms with Crippen LogP contribution in [0.1, 0.15) is 44.7 Å². The first-order valence-electron chi connectivity index (χ1n) is 8.83. The van der Waals surface area contributed by atoms with Gasteiger partial charge in [-0.05, 0) is 42.7 Å². The van der Waals surface area contributed by atoms with Crippen LogP contribution in [-0.2, 0) is 6.42 Å². The number of amides is 1. The van der Waals surface area contributed by atoms with Crippen molar-refractivity contribution in [2.75, 3.05) is 13.1 Å².